The van der Waals surface area contributed by atoms with Crippen molar-refractivity contribution in [1.29, 1.82) is 0 Å². The van der Waals surface area contributed by atoms with Crippen LogP contribution >= 0.6 is 0 Å². The first kappa shape index (κ1) is 22.6. The molecule has 2 aromatic carbocycles. The van der Waals surface area contributed by atoms with Crippen LogP contribution in [-0.2, 0) is 12.8 Å². The van der Waals surface area contributed by atoms with Crippen LogP contribution in [0.4, 0.5) is 5.82 Å². The Labute approximate surface area is 194 Å². The van der Waals surface area contributed by atoms with Crippen molar-refractivity contribution in [3.8, 4) is 17.2 Å². The van der Waals surface area contributed by atoms with Gasteiger partial charge >= 0.3 is 0 Å². The Morgan fingerprint density at radius 2 is 1.61 bits per heavy atom. The molecule has 0 fully saturated rings. The zero-order chi connectivity index (χ0) is 23.4. The number of fused-ring (bicyclic) bond motifs is 2. The van der Waals surface area contributed by atoms with Crippen LogP contribution in [0.2, 0.25) is 0 Å². The highest BCUT2D eigenvalue weighted by molar-refractivity contribution is 5.91. The maximum Gasteiger partial charge on any atom is 0.161 e. The summed E-state index contributed by atoms with van der Waals surface area (Å²) >= 11 is 0. The first-order valence-corrected chi connectivity index (χ1v) is 11.4. The summed E-state index contributed by atoms with van der Waals surface area (Å²) in [7, 11) is 5.01. The molecular weight excluding hydrogens is 414 g/mol. The van der Waals surface area contributed by atoms with Crippen molar-refractivity contribution in [2.24, 2.45) is 0 Å². The molecule has 4 aromatic rings. The Morgan fingerprint density at radius 3 is 2.27 bits per heavy atom. The number of rotatable bonds is 9. The number of methoxy groups -OCH3 is 3. The number of aryl methyl sites for hydroxylation is 1. The lowest BCUT2D eigenvalue weighted by atomic mass is 9.97. The van der Waals surface area contributed by atoms with Crippen LogP contribution in [0, 0.1) is 0 Å². The number of pyridine rings is 2. The highest BCUT2D eigenvalue weighted by Gasteiger charge is 2.16. The molecule has 0 aliphatic carbocycles. The van der Waals surface area contributed by atoms with Crippen LogP contribution in [0.15, 0.2) is 42.6 Å². The fourth-order valence-corrected chi connectivity index (χ4v) is 4.24. The van der Waals surface area contributed by atoms with E-state index in [0.29, 0.717) is 17.9 Å². The second-order valence-corrected chi connectivity index (χ2v) is 7.99. The van der Waals surface area contributed by atoms with Crippen LogP contribution in [-0.4, -0.2) is 37.8 Å². The Hall–Kier alpha value is -3.54. The molecule has 0 unspecified atom stereocenters. The van der Waals surface area contributed by atoms with Crippen molar-refractivity contribution < 1.29 is 14.2 Å². The lowest BCUT2D eigenvalue weighted by Crippen LogP contribution is -2.06. The topological polar surface area (TPSA) is 65.5 Å². The average molecular weight is 446 g/mol. The molecule has 0 aliphatic heterocycles. The first-order chi connectivity index (χ1) is 16.1. The zero-order valence-corrected chi connectivity index (χ0v) is 20.0. The summed E-state index contributed by atoms with van der Waals surface area (Å²) in [5.74, 6) is 3.14. The minimum atomic E-state index is 0.688. The van der Waals surface area contributed by atoms with Crippen LogP contribution in [0.1, 0.15) is 37.1 Å². The number of benzene rings is 2. The lowest BCUT2D eigenvalue weighted by Gasteiger charge is -2.16. The van der Waals surface area contributed by atoms with E-state index in [1.165, 1.54) is 0 Å². The maximum atomic E-state index is 5.61. The van der Waals surface area contributed by atoms with Gasteiger partial charge in [0.25, 0.3) is 0 Å². The molecule has 0 amide bonds. The molecule has 6 nitrogen and oxygen atoms in total. The minimum absolute atomic E-state index is 0.688. The Bertz CT molecular complexity index is 1290. The van der Waals surface area contributed by atoms with E-state index in [-0.39, 0.29) is 0 Å². The van der Waals surface area contributed by atoms with Gasteiger partial charge in [-0.3, -0.25) is 4.98 Å². The van der Waals surface area contributed by atoms with Crippen LogP contribution in [0.3, 0.4) is 0 Å². The molecule has 0 spiro atoms. The predicted octanol–water partition coefficient (Wildman–Crippen LogP) is 5.78. The van der Waals surface area contributed by atoms with Gasteiger partial charge in [-0.2, -0.15) is 0 Å². The zero-order valence-electron chi connectivity index (χ0n) is 20.0. The normalized spacial score (nSPS) is 11.1. The van der Waals surface area contributed by atoms with Crippen LogP contribution in [0.5, 0.6) is 17.2 Å². The van der Waals surface area contributed by atoms with Gasteiger partial charge in [-0.25, -0.2) is 4.98 Å². The molecule has 33 heavy (non-hydrogen) atoms. The third-order valence-corrected chi connectivity index (χ3v) is 5.87. The number of aromatic nitrogens is 2. The van der Waals surface area contributed by atoms with Crippen molar-refractivity contribution >= 4 is 27.5 Å². The summed E-state index contributed by atoms with van der Waals surface area (Å²) in [6.45, 7) is 5.04. The van der Waals surface area contributed by atoms with Crippen LogP contribution < -0.4 is 19.5 Å². The summed E-state index contributed by atoms with van der Waals surface area (Å²) in [6, 6.07) is 12.3. The fraction of sp³-hybridized carbons (Fsp3) is 0.333. The smallest absolute Gasteiger partial charge is 0.161 e. The second-order valence-electron chi connectivity index (χ2n) is 7.99. The number of hydrogen-bond acceptors (Lipinski definition) is 6. The van der Waals surface area contributed by atoms with Crippen molar-refractivity contribution in [3.63, 3.8) is 0 Å². The Morgan fingerprint density at radius 1 is 0.848 bits per heavy atom. The van der Waals surface area contributed by atoms with Gasteiger partial charge < -0.3 is 19.5 Å². The Kier molecular flexibility index (Phi) is 6.82. The number of ether oxygens (including phenoxy) is 3. The number of hydrogen-bond donors (Lipinski definition) is 1. The molecule has 0 atom stereocenters. The number of anilines is 1. The van der Waals surface area contributed by atoms with Crippen molar-refractivity contribution in [2.45, 2.75) is 33.1 Å². The molecule has 0 aliphatic rings. The van der Waals surface area contributed by atoms with Gasteiger partial charge in [0.05, 0.1) is 26.8 Å². The number of nitrogens with one attached hydrogen (secondary N) is 1. The number of nitrogens with zero attached hydrogens (tertiary/aromatic N) is 2. The quantitative estimate of drug-likeness (QED) is 0.352. The molecule has 2 heterocycles. The second kappa shape index (κ2) is 9.94. The van der Waals surface area contributed by atoms with Gasteiger partial charge in [0.15, 0.2) is 11.5 Å². The Balaban J connectivity index is 1.88. The summed E-state index contributed by atoms with van der Waals surface area (Å²) in [5, 5.41) is 6.71. The highest BCUT2D eigenvalue weighted by atomic mass is 16.5. The van der Waals surface area contributed by atoms with E-state index in [1.807, 2.05) is 30.5 Å². The SMILES string of the molecule is CCCc1ncc(Cc2cc3cc(OC)ccc3nc2NCC)c2cc(OC)c(OC)cc12. The van der Waals surface area contributed by atoms with E-state index >= 15 is 0 Å². The van der Waals surface area contributed by atoms with Crippen molar-refractivity contribution in [2.75, 3.05) is 33.2 Å². The molecule has 0 radical (unpaired) electrons. The average Bonchev–Trinajstić information content (AvgIpc) is 2.84. The summed E-state index contributed by atoms with van der Waals surface area (Å²) in [5.41, 5.74) is 4.24. The van der Waals surface area contributed by atoms with E-state index in [2.05, 4.69) is 31.3 Å². The van der Waals surface area contributed by atoms with Crippen LogP contribution in [0.25, 0.3) is 21.7 Å². The van der Waals surface area contributed by atoms with Gasteiger partial charge in [-0.1, -0.05) is 13.3 Å². The molecule has 0 saturated heterocycles. The largest absolute Gasteiger partial charge is 0.497 e. The predicted molar refractivity (Wildman–Crippen MR) is 134 cm³/mol. The minimum Gasteiger partial charge on any atom is -0.497 e. The van der Waals surface area contributed by atoms with Crippen molar-refractivity contribution in [1.82, 2.24) is 9.97 Å². The summed E-state index contributed by atoms with van der Waals surface area (Å²) in [6.07, 6.45) is 4.61. The fourth-order valence-electron chi connectivity index (χ4n) is 4.24. The maximum absolute atomic E-state index is 5.61. The van der Waals surface area contributed by atoms with E-state index in [4.69, 9.17) is 24.2 Å². The van der Waals surface area contributed by atoms with Gasteiger partial charge in [-0.15, -0.1) is 0 Å². The van der Waals surface area contributed by atoms with E-state index in [0.717, 1.165) is 69.4 Å². The van der Waals surface area contributed by atoms with Gasteiger partial charge in [-0.05, 0) is 66.3 Å². The molecule has 0 bridgehead atoms. The summed E-state index contributed by atoms with van der Waals surface area (Å²) < 4.78 is 16.6. The molecule has 0 saturated carbocycles. The third kappa shape index (κ3) is 4.51. The molecule has 1 N–H and O–H groups in total. The van der Waals surface area contributed by atoms with E-state index in [1.54, 1.807) is 21.3 Å². The molecule has 2 aromatic heterocycles. The monoisotopic (exact) mass is 445 g/mol. The van der Waals surface area contributed by atoms with Gasteiger partial charge in [0.2, 0.25) is 0 Å². The first-order valence-electron chi connectivity index (χ1n) is 11.4. The van der Waals surface area contributed by atoms with Crippen molar-refractivity contribution in [3.05, 3.63) is 59.4 Å². The molecule has 172 valence electrons. The standard InChI is InChI=1S/C27H31N3O3/c1-6-8-24-22-15-26(33-5)25(32-4)14-21(22)19(16-29-24)12-18-11-17-13-20(31-3)9-10-23(17)30-27(18)28-7-2/h9-11,13-16H,6-8,12H2,1-5H3,(H,28,30). The molecular formula is C27H31N3O3. The van der Waals surface area contributed by atoms with Gasteiger partial charge in [0.1, 0.15) is 11.6 Å². The molecule has 6 heteroatoms. The molecule has 4 rings (SSSR count). The van der Waals surface area contributed by atoms with E-state index in [9.17, 15) is 0 Å². The highest BCUT2D eigenvalue weighted by Crippen LogP contribution is 2.36. The third-order valence-electron chi connectivity index (χ3n) is 5.87. The van der Waals surface area contributed by atoms with Gasteiger partial charge in [0, 0.05) is 35.6 Å². The lowest BCUT2D eigenvalue weighted by molar-refractivity contribution is 0.356. The van der Waals surface area contributed by atoms with E-state index < -0.39 is 0 Å². The summed E-state index contributed by atoms with van der Waals surface area (Å²) in [4.78, 5) is 9.72.